The van der Waals surface area contributed by atoms with Crippen molar-refractivity contribution in [3.05, 3.63) is 84.2 Å². The number of nitrogens with zero attached hydrogens (tertiary/aromatic N) is 1. The molecule has 0 spiro atoms. The van der Waals surface area contributed by atoms with E-state index in [1.54, 1.807) is 38.5 Å². The second kappa shape index (κ2) is 9.96. The van der Waals surface area contributed by atoms with E-state index in [0.717, 1.165) is 5.56 Å². The Morgan fingerprint density at radius 2 is 1.65 bits per heavy atom. The maximum Gasteiger partial charge on any atom is 0.233 e. The summed E-state index contributed by atoms with van der Waals surface area (Å²) < 4.78 is 56.3. The zero-order valence-electron chi connectivity index (χ0n) is 18.6. The summed E-state index contributed by atoms with van der Waals surface area (Å²) in [7, 11) is -0.830. The lowest BCUT2D eigenvalue weighted by molar-refractivity contribution is 0.354. The molecule has 0 atom stereocenters. The molecule has 0 bridgehead atoms. The highest BCUT2D eigenvalue weighted by Crippen LogP contribution is 2.33. The first kappa shape index (κ1) is 23.3. The predicted octanol–water partition coefficient (Wildman–Crippen LogP) is 4.99. The molecule has 0 aliphatic carbocycles. The van der Waals surface area contributed by atoms with Gasteiger partial charge in [0, 0.05) is 12.1 Å². The molecule has 0 fully saturated rings. The topological polar surface area (TPSA) is 90.7 Å². The van der Waals surface area contributed by atoms with Gasteiger partial charge < -0.3 is 19.2 Å². The standard InChI is InChI=1S/C25H23FN2O5S/c1-31-21-13-8-17(16-22(21)32-2)14-15-27-24-25(34(29,30)20-6-4-3-5-7-20)28-23(33-24)18-9-11-19(26)12-10-18/h3-13,16,27H,14-15H2,1-2H3. The van der Waals surface area contributed by atoms with Crippen molar-refractivity contribution in [2.45, 2.75) is 16.3 Å². The Morgan fingerprint density at radius 3 is 2.32 bits per heavy atom. The van der Waals surface area contributed by atoms with Crippen molar-refractivity contribution in [2.75, 3.05) is 26.1 Å². The molecule has 1 N–H and O–H groups in total. The van der Waals surface area contributed by atoms with Crippen LogP contribution in [0.2, 0.25) is 0 Å². The van der Waals surface area contributed by atoms with E-state index in [1.165, 1.54) is 36.4 Å². The number of hydrogen-bond donors (Lipinski definition) is 1. The molecule has 4 rings (SSSR count). The Balaban J connectivity index is 1.63. The zero-order chi connectivity index (χ0) is 24.1. The molecule has 9 heteroatoms. The van der Waals surface area contributed by atoms with Crippen molar-refractivity contribution in [1.29, 1.82) is 0 Å². The van der Waals surface area contributed by atoms with Crippen LogP contribution < -0.4 is 14.8 Å². The average Bonchev–Trinajstić information content (AvgIpc) is 3.30. The summed E-state index contributed by atoms with van der Waals surface area (Å²) in [6.07, 6.45) is 0.553. The molecule has 0 aliphatic rings. The molecule has 1 aromatic heterocycles. The molecule has 34 heavy (non-hydrogen) atoms. The summed E-state index contributed by atoms with van der Waals surface area (Å²) in [5.74, 6) is 0.896. The van der Waals surface area contributed by atoms with E-state index in [4.69, 9.17) is 13.9 Å². The van der Waals surface area contributed by atoms with Crippen LogP contribution in [0.1, 0.15) is 5.56 Å². The Hall–Kier alpha value is -3.85. The van der Waals surface area contributed by atoms with Crippen molar-refractivity contribution in [3.63, 3.8) is 0 Å². The fourth-order valence-corrected chi connectivity index (χ4v) is 4.68. The number of benzene rings is 3. The summed E-state index contributed by atoms with van der Waals surface area (Å²) in [4.78, 5) is 4.35. The molecule has 176 valence electrons. The Morgan fingerprint density at radius 1 is 0.941 bits per heavy atom. The summed E-state index contributed by atoms with van der Waals surface area (Å²) in [5.41, 5.74) is 1.41. The molecule has 1 heterocycles. The fourth-order valence-electron chi connectivity index (χ4n) is 3.38. The zero-order valence-corrected chi connectivity index (χ0v) is 19.4. The minimum absolute atomic E-state index is 0.0173. The van der Waals surface area contributed by atoms with Crippen LogP contribution in [0.5, 0.6) is 11.5 Å². The lowest BCUT2D eigenvalue weighted by Crippen LogP contribution is -2.10. The summed E-state index contributed by atoms with van der Waals surface area (Å²) >= 11 is 0. The first-order valence-electron chi connectivity index (χ1n) is 10.4. The van der Waals surface area contributed by atoms with Gasteiger partial charge in [-0.3, -0.25) is 0 Å². The van der Waals surface area contributed by atoms with Crippen molar-refractivity contribution in [2.24, 2.45) is 0 Å². The molecule has 0 saturated carbocycles. The number of rotatable bonds is 9. The first-order chi connectivity index (χ1) is 16.4. The number of aromatic nitrogens is 1. The minimum atomic E-state index is -3.96. The summed E-state index contributed by atoms with van der Waals surface area (Å²) in [5, 5.41) is 2.82. The molecule has 0 aliphatic heterocycles. The lowest BCUT2D eigenvalue weighted by atomic mass is 10.1. The Labute approximate surface area is 197 Å². The van der Waals surface area contributed by atoms with Crippen LogP contribution in [0.3, 0.4) is 0 Å². The molecule has 0 radical (unpaired) electrons. The quantitative estimate of drug-likeness (QED) is 0.360. The highest BCUT2D eigenvalue weighted by atomic mass is 32.2. The summed E-state index contributed by atoms with van der Waals surface area (Å²) in [6, 6.07) is 19.0. The third-order valence-electron chi connectivity index (χ3n) is 5.14. The molecule has 0 saturated heterocycles. The van der Waals surface area contributed by atoms with Crippen LogP contribution >= 0.6 is 0 Å². The van der Waals surface area contributed by atoms with E-state index in [1.807, 2.05) is 12.1 Å². The largest absolute Gasteiger partial charge is 0.493 e. The van der Waals surface area contributed by atoms with Crippen molar-refractivity contribution in [1.82, 2.24) is 4.98 Å². The minimum Gasteiger partial charge on any atom is -0.493 e. The van der Waals surface area contributed by atoms with E-state index < -0.39 is 15.7 Å². The number of halogens is 1. The van der Waals surface area contributed by atoms with Gasteiger partial charge in [0.1, 0.15) is 5.82 Å². The third kappa shape index (κ3) is 4.89. The fraction of sp³-hybridized carbons (Fsp3) is 0.160. The van der Waals surface area contributed by atoms with Crippen LogP contribution in [0.15, 0.2) is 87.1 Å². The highest BCUT2D eigenvalue weighted by molar-refractivity contribution is 7.91. The Bertz CT molecular complexity index is 1370. The number of hydrogen-bond acceptors (Lipinski definition) is 7. The predicted molar refractivity (Wildman–Crippen MR) is 126 cm³/mol. The van der Waals surface area contributed by atoms with E-state index in [2.05, 4.69) is 10.3 Å². The molecular weight excluding hydrogens is 459 g/mol. The van der Waals surface area contributed by atoms with Gasteiger partial charge in [-0.2, -0.15) is 4.98 Å². The van der Waals surface area contributed by atoms with Gasteiger partial charge in [0.05, 0.1) is 19.1 Å². The molecule has 0 unspecified atom stereocenters. The van der Waals surface area contributed by atoms with Crippen molar-refractivity contribution >= 4 is 15.7 Å². The number of nitrogens with one attached hydrogen (secondary N) is 1. The second-order valence-corrected chi connectivity index (χ2v) is 9.21. The number of anilines is 1. The van der Waals surface area contributed by atoms with Gasteiger partial charge >= 0.3 is 0 Å². The van der Waals surface area contributed by atoms with Gasteiger partial charge in [0.15, 0.2) is 11.5 Å². The van der Waals surface area contributed by atoms with Crippen molar-refractivity contribution < 1.29 is 26.7 Å². The van der Waals surface area contributed by atoms with Crippen LogP contribution in [0.25, 0.3) is 11.5 Å². The molecular formula is C25H23FN2O5S. The average molecular weight is 483 g/mol. The second-order valence-electron chi connectivity index (χ2n) is 7.34. The van der Waals surface area contributed by atoms with E-state index in [-0.39, 0.29) is 21.7 Å². The number of sulfone groups is 1. The lowest BCUT2D eigenvalue weighted by Gasteiger charge is -2.10. The van der Waals surface area contributed by atoms with E-state index >= 15 is 0 Å². The molecule has 0 amide bonds. The normalized spacial score (nSPS) is 11.3. The maximum absolute atomic E-state index is 13.4. The number of oxazole rings is 1. The van der Waals surface area contributed by atoms with Gasteiger partial charge in [-0.05, 0) is 60.5 Å². The molecule has 4 aromatic rings. The maximum atomic E-state index is 13.4. The number of ether oxygens (including phenoxy) is 2. The van der Waals surface area contributed by atoms with Crippen LogP contribution in [0, 0.1) is 5.82 Å². The number of methoxy groups -OCH3 is 2. The van der Waals surface area contributed by atoms with Gasteiger partial charge in [-0.1, -0.05) is 24.3 Å². The SMILES string of the molecule is COc1ccc(CCNc2oc(-c3ccc(F)cc3)nc2S(=O)(=O)c2ccccc2)cc1OC. The Kier molecular flexibility index (Phi) is 6.83. The molecule has 7 nitrogen and oxygen atoms in total. The van der Waals surface area contributed by atoms with E-state index in [9.17, 15) is 12.8 Å². The van der Waals surface area contributed by atoms with Crippen LogP contribution in [-0.4, -0.2) is 34.2 Å². The smallest absolute Gasteiger partial charge is 0.233 e. The van der Waals surface area contributed by atoms with Gasteiger partial charge in [0.25, 0.3) is 0 Å². The van der Waals surface area contributed by atoms with Gasteiger partial charge in [-0.25, -0.2) is 12.8 Å². The van der Waals surface area contributed by atoms with Crippen molar-refractivity contribution in [3.8, 4) is 23.0 Å². The van der Waals surface area contributed by atoms with Gasteiger partial charge in [0.2, 0.25) is 26.6 Å². The van der Waals surface area contributed by atoms with Crippen LogP contribution in [-0.2, 0) is 16.3 Å². The highest BCUT2D eigenvalue weighted by Gasteiger charge is 2.28. The van der Waals surface area contributed by atoms with Crippen LogP contribution in [0.4, 0.5) is 10.3 Å². The first-order valence-corrected chi connectivity index (χ1v) is 11.9. The third-order valence-corrected chi connectivity index (χ3v) is 6.82. The van der Waals surface area contributed by atoms with E-state index in [0.29, 0.717) is 30.0 Å². The molecule has 3 aromatic carbocycles. The monoisotopic (exact) mass is 482 g/mol. The summed E-state index contributed by atoms with van der Waals surface area (Å²) in [6.45, 7) is 0.366. The van der Waals surface area contributed by atoms with Gasteiger partial charge in [-0.15, -0.1) is 0 Å².